The van der Waals surface area contributed by atoms with E-state index in [-0.39, 0.29) is 37.2 Å². The number of benzene rings is 1. The van der Waals surface area contributed by atoms with Crippen molar-refractivity contribution < 1.29 is 36.5 Å². The summed E-state index contributed by atoms with van der Waals surface area (Å²) in [6.07, 6.45) is 2.12. The molecule has 1 atom stereocenters. The third-order valence-corrected chi connectivity index (χ3v) is 5.41. The molecular formula is C19H22N2O8S. The minimum atomic E-state index is -3.50. The molecule has 2 aliphatic heterocycles. The average Bonchev–Trinajstić information content (AvgIpc) is 2.92. The third kappa shape index (κ3) is 4.91. The highest BCUT2D eigenvalue weighted by atomic mass is 32.2. The number of hydrogen-bond acceptors (Lipinski definition) is 8. The van der Waals surface area contributed by atoms with Crippen molar-refractivity contribution in [1.82, 2.24) is 10.2 Å². The smallest absolute Gasteiger partial charge is 0.264 e. The van der Waals surface area contributed by atoms with Crippen molar-refractivity contribution in [3.63, 3.8) is 0 Å². The quantitative estimate of drug-likeness (QED) is 0.324. The molecule has 1 aromatic rings. The van der Waals surface area contributed by atoms with E-state index in [2.05, 4.69) is 9.50 Å². The van der Waals surface area contributed by atoms with Crippen molar-refractivity contribution in [3.8, 4) is 0 Å². The first-order valence-electron chi connectivity index (χ1n) is 9.44. The van der Waals surface area contributed by atoms with Crippen molar-refractivity contribution >= 4 is 33.7 Å². The predicted octanol–water partition coefficient (Wildman–Crippen LogP) is 0.0132. The minimum Gasteiger partial charge on any atom is -0.379 e. The highest BCUT2D eigenvalue weighted by Gasteiger charge is 2.45. The van der Waals surface area contributed by atoms with Crippen LogP contribution in [0.2, 0.25) is 0 Å². The van der Waals surface area contributed by atoms with Gasteiger partial charge in [0.1, 0.15) is 6.04 Å². The molecule has 1 saturated heterocycles. The number of nitrogens with one attached hydrogen (secondary N) is 1. The first-order valence-corrected chi connectivity index (χ1v) is 11.3. The van der Waals surface area contributed by atoms with E-state index in [0.717, 1.165) is 11.2 Å². The fourth-order valence-corrected chi connectivity index (χ4v) is 3.88. The molecule has 0 aromatic heterocycles. The van der Waals surface area contributed by atoms with Crippen molar-refractivity contribution in [2.75, 3.05) is 26.1 Å². The molecule has 2 heterocycles. The Labute approximate surface area is 173 Å². The Morgan fingerprint density at radius 2 is 1.87 bits per heavy atom. The molecule has 0 aliphatic carbocycles. The molecule has 0 bridgehead atoms. The Kier molecular flexibility index (Phi) is 6.64. The molecule has 0 saturated carbocycles. The maximum absolute atomic E-state index is 13.0. The van der Waals surface area contributed by atoms with Gasteiger partial charge in [0.2, 0.25) is 11.8 Å². The van der Waals surface area contributed by atoms with Crippen LogP contribution >= 0.6 is 0 Å². The van der Waals surface area contributed by atoms with Gasteiger partial charge < -0.3 is 4.74 Å². The van der Waals surface area contributed by atoms with E-state index in [1.807, 2.05) is 0 Å². The summed E-state index contributed by atoms with van der Waals surface area (Å²) in [6.45, 7) is 0.351. The van der Waals surface area contributed by atoms with Crippen molar-refractivity contribution in [2.24, 2.45) is 0 Å². The van der Waals surface area contributed by atoms with E-state index >= 15 is 0 Å². The highest BCUT2D eigenvalue weighted by molar-refractivity contribution is 7.85. The number of piperidine rings is 1. The van der Waals surface area contributed by atoms with E-state index in [1.165, 1.54) is 0 Å². The molecule has 1 aromatic carbocycles. The van der Waals surface area contributed by atoms with Gasteiger partial charge >= 0.3 is 0 Å². The number of nitrogens with zero attached hydrogens (tertiary/aromatic N) is 1. The number of ether oxygens (including phenoxy) is 1. The summed E-state index contributed by atoms with van der Waals surface area (Å²) in [6, 6.07) is 3.96. The van der Waals surface area contributed by atoms with Gasteiger partial charge in [-0.05, 0) is 30.9 Å². The second kappa shape index (κ2) is 9.02. The average molecular weight is 438 g/mol. The molecule has 1 N–H and O–H groups in total. The number of hydrogen-bond donors (Lipinski definition) is 1. The summed E-state index contributed by atoms with van der Waals surface area (Å²) in [5, 5.41) is 2.17. The van der Waals surface area contributed by atoms with Crippen molar-refractivity contribution in [3.05, 3.63) is 34.9 Å². The predicted molar refractivity (Wildman–Crippen MR) is 103 cm³/mol. The van der Waals surface area contributed by atoms with E-state index in [9.17, 15) is 27.6 Å². The molecule has 1 unspecified atom stereocenters. The van der Waals surface area contributed by atoms with E-state index in [0.29, 0.717) is 25.0 Å². The van der Waals surface area contributed by atoms with Gasteiger partial charge in [0.25, 0.3) is 21.9 Å². The van der Waals surface area contributed by atoms with Crippen LogP contribution in [0.1, 0.15) is 45.5 Å². The van der Waals surface area contributed by atoms with Gasteiger partial charge in [-0.1, -0.05) is 12.1 Å². The normalized spacial score (nSPS) is 19.2. The zero-order chi connectivity index (χ0) is 21.9. The number of fused-ring (bicyclic) bond motifs is 1. The summed E-state index contributed by atoms with van der Waals surface area (Å²) in [5.41, 5.74) is 1.17. The highest BCUT2D eigenvalue weighted by Crippen LogP contribution is 2.30. The molecule has 162 valence electrons. The molecule has 11 heteroatoms. The first-order chi connectivity index (χ1) is 14.2. The van der Waals surface area contributed by atoms with Crippen LogP contribution in [-0.2, 0) is 35.0 Å². The van der Waals surface area contributed by atoms with Crippen LogP contribution in [-0.4, -0.2) is 69.1 Å². The first kappa shape index (κ1) is 22.1. The van der Waals surface area contributed by atoms with Gasteiger partial charge in [-0.3, -0.25) is 33.6 Å². The standard InChI is InChI=1S/C19H22N2O8S/c1-30(26,27)29-11-10-28-9-3-5-12-4-2-6-13-16(12)19(25)21(18(13)24)14-7-8-15(22)20-17(14)23/h2,4,6,14H,3,5,7-11H2,1H3,(H,20,22,23). The largest absolute Gasteiger partial charge is 0.379 e. The minimum absolute atomic E-state index is 0.0665. The van der Waals surface area contributed by atoms with Gasteiger partial charge in [0.05, 0.1) is 30.6 Å². The maximum atomic E-state index is 13.0. The number of carbonyl (C=O) groups is 4. The Hall–Kier alpha value is -2.63. The Bertz CT molecular complexity index is 988. The molecule has 1 fully saturated rings. The Morgan fingerprint density at radius 1 is 1.10 bits per heavy atom. The third-order valence-electron chi connectivity index (χ3n) is 4.81. The van der Waals surface area contributed by atoms with E-state index in [4.69, 9.17) is 4.74 Å². The van der Waals surface area contributed by atoms with Gasteiger partial charge in [-0.25, -0.2) is 0 Å². The number of amides is 4. The van der Waals surface area contributed by atoms with Crippen LogP contribution in [0, 0.1) is 0 Å². The van der Waals surface area contributed by atoms with Crippen LogP contribution in [0.25, 0.3) is 0 Å². The second-order valence-corrected chi connectivity index (χ2v) is 8.67. The molecule has 10 nitrogen and oxygen atoms in total. The lowest BCUT2D eigenvalue weighted by Gasteiger charge is -2.27. The van der Waals surface area contributed by atoms with Crippen molar-refractivity contribution in [2.45, 2.75) is 31.7 Å². The van der Waals surface area contributed by atoms with Gasteiger partial charge in [0.15, 0.2) is 0 Å². The van der Waals surface area contributed by atoms with Gasteiger partial charge in [0, 0.05) is 13.0 Å². The number of aryl methyl sites for hydroxylation is 1. The van der Waals surface area contributed by atoms with E-state index in [1.54, 1.807) is 18.2 Å². The molecule has 30 heavy (non-hydrogen) atoms. The maximum Gasteiger partial charge on any atom is 0.264 e. The molecule has 0 radical (unpaired) electrons. The molecule has 0 spiro atoms. The van der Waals surface area contributed by atoms with Gasteiger partial charge in [-0.2, -0.15) is 8.42 Å². The number of rotatable bonds is 9. The summed E-state index contributed by atoms with van der Waals surface area (Å²) in [5.74, 6) is -2.15. The number of carbonyl (C=O) groups excluding carboxylic acids is 4. The number of imide groups is 2. The Balaban J connectivity index is 1.61. The zero-order valence-corrected chi connectivity index (χ0v) is 17.2. The molecule has 2 aliphatic rings. The van der Waals surface area contributed by atoms with Gasteiger partial charge in [-0.15, -0.1) is 0 Å². The van der Waals surface area contributed by atoms with Crippen LogP contribution in [0.3, 0.4) is 0 Å². The van der Waals surface area contributed by atoms with Crippen LogP contribution in [0.15, 0.2) is 18.2 Å². The summed E-state index contributed by atoms with van der Waals surface area (Å²) < 4.78 is 31.6. The van der Waals surface area contributed by atoms with Crippen LogP contribution < -0.4 is 5.32 Å². The topological polar surface area (TPSA) is 136 Å². The lowest BCUT2D eigenvalue weighted by Crippen LogP contribution is -2.54. The van der Waals surface area contributed by atoms with Crippen molar-refractivity contribution in [1.29, 1.82) is 0 Å². The van der Waals surface area contributed by atoms with Crippen LogP contribution in [0.4, 0.5) is 0 Å². The lowest BCUT2D eigenvalue weighted by atomic mass is 9.99. The van der Waals surface area contributed by atoms with Crippen LogP contribution in [0.5, 0.6) is 0 Å². The monoisotopic (exact) mass is 438 g/mol. The molecule has 4 amide bonds. The van der Waals surface area contributed by atoms with E-state index < -0.39 is 39.8 Å². The Morgan fingerprint density at radius 3 is 2.57 bits per heavy atom. The second-order valence-electron chi connectivity index (χ2n) is 7.03. The fourth-order valence-electron chi connectivity index (χ4n) is 3.50. The molecular weight excluding hydrogens is 416 g/mol. The zero-order valence-electron chi connectivity index (χ0n) is 16.4. The lowest BCUT2D eigenvalue weighted by molar-refractivity contribution is -0.136. The summed E-state index contributed by atoms with van der Waals surface area (Å²) in [4.78, 5) is 50.2. The fraction of sp³-hybridized carbons (Fsp3) is 0.474. The summed E-state index contributed by atoms with van der Waals surface area (Å²) in [7, 11) is -3.50. The SMILES string of the molecule is CS(=O)(=O)OCCOCCCc1cccc2c1C(=O)N(C1CCC(=O)NC1=O)C2=O. The molecule has 3 rings (SSSR count). The summed E-state index contributed by atoms with van der Waals surface area (Å²) >= 11 is 0.